The van der Waals surface area contributed by atoms with Gasteiger partial charge in [0, 0.05) is 24.4 Å². The molecule has 3 amide bonds. The first kappa shape index (κ1) is 20.1. The third-order valence-corrected chi connectivity index (χ3v) is 3.84. The van der Waals surface area contributed by atoms with Crippen LogP contribution in [0.4, 0.5) is 5.69 Å². The van der Waals surface area contributed by atoms with E-state index in [2.05, 4.69) is 16.0 Å². The molecule has 0 aromatic heterocycles. The zero-order valence-electron chi connectivity index (χ0n) is 13.7. The average Bonchev–Trinajstić information content (AvgIpc) is 2.50. The van der Waals surface area contributed by atoms with Gasteiger partial charge >= 0.3 is 0 Å². The fourth-order valence-corrected chi connectivity index (χ4v) is 2.73. The minimum Gasteiger partial charge on any atom is -0.341 e. The van der Waals surface area contributed by atoms with Crippen LogP contribution in [-0.4, -0.2) is 50.7 Å². The van der Waals surface area contributed by atoms with Crippen molar-refractivity contribution in [2.75, 3.05) is 23.9 Å². The van der Waals surface area contributed by atoms with Crippen molar-refractivity contribution in [2.45, 2.75) is 13.0 Å². The van der Waals surface area contributed by atoms with Crippen LogP contribution in [0.3, 0.4) is 0 Å². The van der Waals surface area contributed by atoms with Crippen molar-refractivity contribution in [1.29, 1.82) is 5.26 Å². The maximum Gasteiger partial charge on any atom is 0.251 e. The summed E-state index contributed by atoms with van der Waals surface area (Å²) in [6.07, 6.45) is 0.936. The Labute approximate surface area is 145 Å². The Balaban J connectivity index is 2.88. The maximum absolute atomic E-state index is 12.2. The van der Waals surface area contributed by atoms with Crippen LogP contribution in [0.1, 0.15) is 17.3 Å². The van der Waals surface area contributed by atoms with E-state index >= 15 is 0 Å². The first-order valence-corrected chi connectivity index (χ1v) is 9.19. The zero-order valence-corrected chi connectivity index (χ0v) is 14.5. The van der Waals surface area contributed by atoms with E-state index in [-0.39, 0.29) is 18.0 Å². The lowest BCUT2D eigenvalue weighted by molar-refractivity contribution is -0.122. The van der Waals surface area contributed by atoms with Gasteiger partial charge in [0.05, 0.1) is 11.8 Å². The number of hydrogen-bond donors (Lipinski definition) is 3. The van der Waals surface area contributed by atoms with E-state index in [0.29, 0.717) is 5.69 Å². The van der Waals surface area contributed by atoms with Crippen molar-refractivity contribution < 1.29 is 22.8 Å². The summed E-state index contributed by atoms with van der Waals surface area (Å²) in [5.74, 6) is -2.29. The predicted octanol–water partition coefficient (Wildman–Crippen LogP) is -0.572. The topological polar surface area (TPSA) is 145 Å². The summed E-state index contributed by atoms with van der Waals surface area (Å²) in [4.78, 5) is 35.1. The number of benzene rings is 1. The third-order valence-electron chi connectivity index (χ3n) is 2.90. The molecule has 0 radical (unpaired) electrons. The van der Waals surface area contributed by atoms with E-state index in [1.807, 2.05) is 0 Å². The van der Waals surface area contributed by atoms with Gasteiger partial charge in [-0.15, -0.1) is 0 Å². The highest BCUT2D eigenvalue weighted by Crippen LogP contribution is 2.10. The lowest BCUT2D eigenvalue weighted by Gasteiger charge is -2.17. The quantitative estimate of drug-likeness (QED) is 0.551. The SMILES string of the molecule is CC(=O)Nc1ccc(C(=O)NC(CS(C)(=O)=O)C(=O)NCC#N)cc1. The van der Waals surface area contributed by atoms with Crippen LogP contribution in [0, 0.1) is 11.3 Å². The van der Waals surface area contributed by atoms with Crippen LogP contribution in [-0.2, 0) is 19.4 Å². The first-order chi connectivity index (χ1) is 11.6. The molecule has 1 rings (SSSR count). The Kier molecular flexibility index (Phi) is 7.07. The van der Waals surface area contributed by atoms with E-state index in [1.165, 1.54) is 31.2 Å². The molecule has 0 aliphatic rings. The molecule has 3 N–H and O–H groups in total. The fourth-order valence-electron chi connectivity index (χ4n) is 1.89. The second kappa shape index (κ2) is 8.79. The normalized spacial score (nSPS) is 11.7. The Morgan fingerprint density at radius 1 is 1.20 bits per heavy atom. The van der Waals surface area contributed by atoms with Gasteiger partial charge in [-0.05, 0) is 24.3 Å². The number of rotatable bonds is 7. The van der Waals surface area contributed by atoms with Crippen molar-refractivity contribution in [3.05, 3.63) is 29.8 Å². The van der Waals surface area contributed by atoms with Crippen molar-refractivity contribution in [1.82, 2.24) is 10.6 Å². The molecular formula is C15H18N4O5S. The van der Waals surface area contributed by atoms with Crippen LogP contribution < -0.4 is 16.0 Å². The van der Waals surface area contributed by atoms with E-state index in [0.717, 1.165) is 6.26 Å². The van der Waals surface area contributed by atoms with Crippen molar-refractivity contribution >= 4 is 33.2 Å². The summed E-state index contributed by atoms with van der Waals surface area (Å²) in [5.41, 5.74) is 0.671. The number of carbonyl (C=O) groups excluding carboxylic acids is 3. The van der Waals surface area contributed by atoms with Crippen LogP contribution in [0.2, 0.25) is 0 Å². The molecule has 134 valence electrons. The second-order valence-corrected chi connectivity index (χ2v) is 7.44. The Morgan fingerprint density at radius 2 is 1.80 bits per heavy atom. The van der Waals surface area contributed by atoms with Crippen LogP contribution in [0.25, 0.3) is 0 Å². The van der Waals surface area contributed by atoms with Gasteiger partial charge in [-0.25, -0.2) is 8.42 Å². The molecule has 25 heavy (non-hydrogen) atoms. The summed E-state index contributed by atoms with van der Waals surface area (Å²) in [6, 6.07) is 6.21. The molecule has 0 saturated carbocycles. The summed E-state index contributed by atoms with van der Waals surface area (Å²) in [5, 5.41) is 15.6. The average molecular weight is 366 g/mol. The first-order valence-electron chi connectivity index (χ1n) is 7.13. The van der Waals surface area contributed by atoms with Gasteiger partial charge in [-0.3, -0.25) is 14.4 Å². The molecule has 1 aromatic carbocycles. The van der Waals surface area contributed by atoms with Crippen LogP contribution in [0.5, 0.6) is 0 Å². The molecule has 0 spiro atoms. The fraction of sp³-hybridized carbons (Fsp3) is 0.333. The minimum absolute atomic E-state index is 0.181. The molecular weight excluding hydrogens is 348 g/mol. The third kappa shape index (κ3) is 7.45. The van der Waals surface area contributed by atoms with Gasteiger partial charge < -0.3 is 16.0 Å². The Hall–Kier alpha value is -2.93. The number of nitrogens with zero attached hydrogens (tertiary/aromatic N) is 1. The van der Waals surface area contributed by atoms with E-state index in [4.69, 9.17) is 5.26 Å². The number of nitrogens with one attached hydrogen (secondary N) is 3. The number of anilines is 1. The highest BCUT2D eigenvalue weighted by Gasteiger charge is 2.25. The van der Waals surface area contributed by atoms with E-state index < -0.39 is 33.4 Å². The Morgan fingerprint density at radius 3 is 2.28 bits per heavy atom. The van der Waals surface area contributed by atoms with Crippen LogP contribution >= 0.6 is 0 Å². The minimum atomic E-state index is -3.55. The largest absolute Gasteiger partial charge is 0.341 e. The van der Waals surface area contributed by atoms with Crippen molar-refractivity contribution in [3.63, 3.8) is 0 Å². The van der Waals surface area contributed by atoms with E-state index in [9.17, 15) is 22.8 Å². The standard InChI is InChI=1S/C15H18N4O5S/c1-10(20)18-12-5-3-11(4-6-12)14(21)19-13(9-25(2,23)24)15(22)17-8-7-16/h3-6,13H,8-9H2,1-2H3,(H,17,22)(H,18,20)(H,19,21). The van der Waals surface area contributed by atoms with Gasteiger partial charge in [0.1, 0.15) is 22.4 Å². The van der Waals surface area contributed by atoms with Crippen molar-refractivity contribution in [3.8, 4) is 6.07 Å². The molecule has 1 aromatic rings. The van der Waals surface area contributed by atoms with Gasteiger partial charge in [-0.1, -0.05) is 0 Å². The molecule has 0 aliphatic heterocycles. The lowest BCUT2D eigenvalue weighted by Crippen LogP contribution is -2.50. The second-order valence-electron chi connectivity index (χ2n) is 5.25. The summed E-state index contributed by atoms with van der Waals surface area (Å²) < 4.78 is 22.9. The zero-order chi connectivity index (χ0) is 19.0. The molecule has 0 fully saturated rings. The number of sulfone groups is 1. The molecule has 0 saturated heterocycles. The van der Waals surface area contributed by atoms with Gasteiger partial charge in [-0.2, -0.15) is 5.26 Å². The van der Waals surface area contributed by atoms with Gasteiger partial charge in [0.2, 0.25) is 11.8 Å². The molecule has 1 atom stereocenters. The number of hydrogen-bond acceptors (Lipinski definition) is 6. The van der Waals surface area contributed by atoms with Gasteiger partial charge in [0.25, 0.3) is 5.91 Å². The highest BCUT2D eigenvalue weighted by atomic mass is 32.2. The van der Waals surface area contributed by atoms with Crippen molar-refractivity contribution in [2.24, 2.45) is 0 Å². The highest BCUT2D eigenvalue weighted by molar-refractivity contribution is 7.90. The number of amides is 3. The molecule has 0 aliphatic carbocycles. The molecule has 0 heterocycles. The number of carbonyl (C=O) groups is 3. The molecule has 1 unspecified atom stereocenters. The molecule has 10 heteroatoms. The Bertz CT molecular complexity index is 796. The molecule has 0 bridgehead atoms. The number of nitriles is 1. The predicted molar refractivity (Wildman–Crippen MR) is 90.3 cm³/mol. The maximum atomic E-state index is 12.2. The monoisotopic (exact) mass is 366 g/mol. The lowest BCUT2D eigenvalue weighted by atomic mass is 10.1. The van der Waals surface area contributed by atoms with E-state index in [1.54, 1.807) is 6.07 Å². The molecule has 9 nitrogen and oxygen atoms in total. The summed E-state index contributed by atoms with van der Waals surface area (Å²) in [6.45, 7) is 1.04. The summed E-state index contributed by atoms with van der Waals surface area (Å²) in [7, 11) is -3.55. The smallest absolute Gasteiger partial charge is 0.251 e. The van der Waals surface area contributed by atoms with Crippen LogP contribution in [0.15, 0.2) is 24.3 Å². The van der Waals surface area contributed by atoms with Gasteiger partial charge in [0.15, 0.2) is 0 Å². The summed E-state index contributed by atoms with van der Waals surface area (Å²) >= 11 is 0.